The first-order chi connectivity index (χ1) is 9.74. The maximum atomic E-state index is 11.3. The largest absolute Gasteiger partial charge is 0.476 e. The highest BCUT2D eigenvalue weighted by Gasteiger charge is 2.19. The van der Waals surface area contributed by atoms with E-state index in [0.29, 0.717) is 12.2 Å². The van der Waals surface area contributed by atoms with E-state index < -0.39 is 5.97 Å². The number of hydrogen-bond acceptors (Lipinski definition) is 4. The molecular formula is C14H17N3O2S. The Bertz CT molecular complexity index is 569. The fraction of sp³-hybridized carbons (Fsp3) is 0.357. The van der Waals surface area contributed by atoms with Gasteiger partial charge in [-0.3, -0.25) is 0 Å². The van der Waals surface area contributed by atoms with Crippen LogP contribution in [0.2, 0.25) is 0 Å². The molecule has 0 aliphatic rings. The first-order valence-corrected chi connectivity index (χ1v) is 7.69. The van der Waals surface area contributed by atoms with Crippen molar-refractivity contribution in [2.75, 3.05) is 11.5 Å². The molecule has 0 fully saturated rings. The molecule has 0 aliphatic heterocycles. The van der Waals surface area contributed by atoms with Gasteiger partial charge in [0.05, 0.1) is 0 Å². The van der Waals surface area contributed by atoms with Gasteiger partial charge in [0.15, 0.2) is 5.69 Å². The van der Waals surface area contributed by atoms with E-state index in [1.54, 1.807) is 4.68 Å². The highest BCUT2D eigenvalue weighted by molar-refractivity contribution is 7.99. The lowest BCUT2D eigenvalue weighted by Gasteiger charge is -2.07. The summed E-state index contributed by atoms with van der Waals surface area (Å²) in [6.07, 6.45) is 0.945. The smallest absolute Gasteiger partial charge is 0.358 e. The van der Waals surface area contributed by atoms with Crippen molar-refractivity contribution in [3.05, 3.63) is 36.0 Å². The highest BCUT2D eigenvalue weighted by atomic mass is 32.2. The fourth-order valence-electron chi connectivity index (χ4n) is 1.96. The number of aromatic nitrogens is 3. The van der Waals surface area contributed by atoms with E-state index in [4.69, 9.17) is 0 Å². The van der Waals surface area contributed by atoms with E-state index in [1.165, 1.54) is 0 Å². The second kappa shape index (κ2) is 7.09. The first kappa shape index (κ1) is 14.6. The van der Waals surface area contributed by atoms with E-state index in [9.17, 15) is 9.90 Å². The molecule has 0 atom stereocenters. The number of aromatic carboxylic acids is 1. The number of hydrogen-bond donors (Lipinski definition) is 1. The number of rotatable bonds is 7. The Labute approximate surface area is 122 Å². The summed E-state index contributed by atoms with van der Waals surface area (Å²) in [5.41, 5.74) is 1.43. The molecule has 0 spiro atoms. The third kappa shape index (κ3) is 3.39. The molecule has 5 nitrogen and oxygen atoms in total. The minimum atomic E-state index is -1.04. The zero-order chi connectivity index (χ0) is 14.4. The molecule has 0 radical (unpaired) electrons. The number of nitrogens with zero attached hydrogens (tertiary/aromatic N) is 3. The Hall–Kier alpha value is -1.82. The number of aryl methyl sites for hydroxylation is 1. The lowest BCUT2D eigenvalue weighted by molar-refractivity contribution is 0.0691. The maximum absolute atomic E-state index is 11.3. The quantitative estimate of drug-likeness (QED) is 0.794. The Morgan fingerprint density at radius 2 is 2.10 bits per heavy atom. The Kier molecular flexibility index (Phi) is 5.17. The van der Waals surface area contributed by atoms with Crippen LogP contribution in [0.4, 0.5) is 0 Å². The molecule has 106 valence electrons. The summed E-state index contributed by atoms with van der Waals surface area (Å²) in [6, 6.07) is 9.41. The van der Waals surface area contributed by atoms with Gasteiger partial charge in [-0.25, -0.2) is 9.48 Å². The Morgan fingerprint density at radius 3 is 2.75 bits per heavy atom. The van der Waals surface area contributed by atoms with Crippen molar-refractivity contribution >= 4 is 17.7 Å². The summed E-state index contributed by atoms with van der Waals surface area (Å²) in [5, 5.41) is 17.0. The second-order valence-corrected chi connectivity index (χ2v) is 5.63. The summed E-state index contributed by atoms with van der Waals surface area (Å²) >= 11 is 1.86. The first-order valence-electron chi connectivity index (χ1n) is 6.54. The van der Waals surface area contributed by atoms with Gasteiger partial charge < -0.3 is 5.11 Å². The van der Waals surface area contributed by atoms with Crippen molar-refractivity contribution in [3.8, 4) is 11.3 Å². The SMILES string of the molecule is CCSCCCn1nnc(C(=O)O)c1-c1ccccc1. The van der Waals surface area contributed by atoms with Gasteiger partial charge in [0.25, 0.3) is 0 Å². The topological polar surface area (TPSA) is 68.0 Å². The van der Waals surface area contributed by atoms with Crippen LogP contribution in [0, 0.1) is 0 Å². The molecule has 0 aliphatic carbocycles. The van der Waals surface area contributed by atoms with Crippen LogP contribution in [-0.4, -0.2) is 37.6 Å². The Balaban J connectivity index is 2.26. The van der Waals surface area contributed by atoms with Crippen molar-refractivity contribution in [1.82, 2.24) is 15.0 Å². The average molecular weight is 291 g/mol. The molecule has 0 amide bonds. The number of carboxylic acids is 1. The van der Waals surface area contributed by atoms with Gasteiger partial charge >= 0.3 is 5.97 Å². The predicted molar refractivity (Wildman–Crippen MR) is 80.0 cm³/mol. The summed E-state index contributed by atoms with van der Waals surface area (Å²) in [5.74, 6) is 1.08. The third-order valence-electron chi connectivity index (χ3n) is 2.85. The molecule has 0 bridgehead atoms. The van der Waals surface area contributed by atoms with Gasteiger partial charge in [-0.05, 0) is 17.9 Å². The molecule has 20 heavy (non-hydrogen) atoms. The molecule has 1 N–H and O–H groups in total. The maximum Gasteiger partial charge on any atom is 0.358 e. The van der Waals surface area contributed by atoms with Crippen molar-refractivity contribution < 1.29 is 9.90 Å². The summed E-state index contributed by atoms with van der Waals surface area (Å²) < 4.78 is 1.69. The zero-order valence-electron chi connectivity index (χ0n) is 11.3. The zero-order valence-corrected chi connectivity index (χ0v) is 12.1. The van der Waals surface area contributed by atoms with Crippen molar-refractivity contribution in [1.29, 1.82) is 0 Å². The van der Waals surface area contributed by atoms with Crippen LogP contribution in [0.15, 0.2) is 30.3 Å². The van der Waals surface area contributed by atoms with Crippen LogP contribution in [0.1, 0.15) is 23.8 Å². The molecule has 2 rings (SSSR count). The molecule has 1 heterocycles. The molecule has 1 aromatic carbocycles. The van der Waals surface area contributed by atoms with Crippen LogP contribution in [0.25, 0.3) is 11.3 Å². The van der Waals surface area contributed by atoms with Crippen molar-refractivity contribution in [3.63, 3.8) is 0 Å². The monoisotopic (exact) mass is 291 g/mol. The standard InChI is InChI=1S/C14H17N3O2S/c1-2-20-10-6-9-17-13(11-7-4-3-5-8-11)12(14(18)19)15-16-17/h3-5,7-8H,2,6,9-10H2,1H3,(H,18,19). The molecule has 0 unspecified atom stereocenters. The van der Waals surface area contributed by atoms with Crippen molar-refractivity contribution in [2.45, 2.75) is 19.9 Å². The van der Waals surface area contributed by atoms with E-state index in [0.717, 1.165) is 23.5 Å². The van der Waals surface area contributed by atoms with Gasteiger partial charge in [0.1, 0.15) is 5.69 Å². The highest BCUT2D eigenvalue weighted by Crippen LogP contribution is 2.22. The van der Waals surface area contributed by atoms with Gasteiger partial charge in [-0.1, -0.05) is 42.5 Å². The number of carbonyl (C=O) groups is 1. The van der Waals surface area contributed by atoms with E-state index in [-0.39, 0.29) is 5.69 Å². The number of thioether (sulfide) groups is 1. The summed E-state index contributed by atoms with van der Waals surface area (Å²) in [6.45, 7) is 2.80. The second-order valence-electron chi connectivity index (χ2n) is 4.23. The average Bonchev–Trinajstić information content (AvgIpc) is 2.88. The lowest BCUT2D eigenvalue weighted by Crippen LogP contribution is -2.06. The molecule has 6 heteroatoms. The lowest BCUT2D eigenvalue weighted by atomic mass is 10.1. The van der Waals surface area contributed by atoms with E-state index in [1.807, 2.05) is 42.1 Å². The normalized spacial score (nSPS) is 10.7. The molecule has 2 aromatic rings. The number of benzene rings is 1. The molecular weight excluding hydrogens is 274 g/mol. The Morgan fingerprint density at radius 1 is 1.35 bits per heavy atom. The van der Waals surface area contributed by atoms with Crippen LogP contribution < -0.4 is 0 Å². The van der Waals surface area contributed by atoms with Gasteiger partial charge in [0.2, 0.25) is 0 Å². The summed E-state index contributed by atoms with van der Waals surface area (Å²) in [4.78, 5) is 11.3. The molecule has 1 aromatic heterocycles. The van der Waals surface area contributed by atoms with E-state index in [2.05, 4.69) is 17.2 Å². The third-order valence-corrected chi connectivity index (χ3v) is 3.83. The molecule has 0 saturated carbocycles. The van der Waals surface area contributed by atoms with Crippen LogP contribution in [-0.2, 0) is 6.54 Å². The van der Waals surface area contributed by atoms with E-state index >= 15 is 0 Å². The molecule has 0 saturated heterocycles. The fourth-order valence-corrected chi connectivity index (χ4v) is 2.58. The van der Waals surface area contributed by atoms with Gasteiger partial charge in [-0.15, -0.1) is 5.10 Å². The van der Waals surface area contributed by atoms with Crippen LogP contribution in [0.3, 0.4) is 0 Å². The predicted octanol–water partition coefficient (Wildman–Crippen LogP) is 2.79. The minimum Gasteiger partial charge on any atom is -0.476 e. The van der Waals surface area contributed by atoms with Crippen LogP contribution in [0.5, 0.6) is 0 Å². The number of carboxylic acid groups (broad SMARTS) is 1. The summed E-state index contributed by atoms with van der Waals surface area (Å²) in [7, 11) is 0. The van der Waals surface area contributed by atoms with Gasteiger partial charge in [0, 0.05) is 12.1 Å². The van der Waals surface area contributed by atoms with Crippen LogP contribution >= 0.6 is 11.8 Å². The van der Waals surface area contributed by atoms with Gasteiger partial charge in [-0.2, -0.15) is 11.8 Å². The van der Waals surface area contributed by atoms with Crippen molar-refractivity contribution in [2.24, 2.45) is 0 Å². The minimum absolute atomic E-state index is 0.0133.